The molecule has 0 saturated carbocycles. The van der Waals surface area contributed by atoms with Crippen molar-refractivity contribution in [3.63, 3.8) is 0 Å². The Hall–Kier alpha value is -2.08. The molecule has 0 saturated heterocycles. The maximum atomic E-state index is 12.0. The number of hydrogen-bond donors (Lipinski definition) is 3. The van der Waals surface area contributed by atoms with E-state index in [2.05, 4.69) is 10.5 Å². The van der Waals surface area contributed by atoms with Gasteiger partial charge in [0.1, 0.15) is 0 Å². The number of oxime groups is 1. The molecule has 0 aliphatic rings. The van der Waals surface area contributed by atoms with Crippen molar-refractivity contribution >= 4 is 11.7 Å². The molecule has 1 atom stereocenters. The zero-order valence-corrected chi connectivity index (χ0v) is 11.4. The molecular formula is C13H20N4O2. The summed E-state index contributed by atoms with van der Waals surface area (Å²) in [5.41, 5.74) is 6.48. The molecule has 0 aliphatic heterocycles. The highest BCUT2D eigenvalue weighted by Gasteiger charge is 2.11. The molecule has 1 unspecified atom stereocenters. The van der Waals surface area contributed by atoms with E-state index in [0.29, 0.717) is 11.1 Å². The Kier molecular flexibility index (Phi) is 5.32. The minimum Gasteiger partial charge on any atom is -0.409 e. The van der Waals surface area contributed by atoms with Gasteiger partial charge in [0.05, 0.1) is 0 Å². The molecular weight excluding hydrogens is 244 g/mol. The fourth-order valence-corrected chi connectivity index (χ4v) is 1.78. The van der Waals surface area contributed by atoms with Crippen LogP contribution in [0.4, 0.5) is 0 Å². The monoisotopic (exact) mass is 264 g/mol. The van der Waals surface area contributed by atoms with Crippen LogP contribution in [0.25, 0.3) is 0 Å². The first-order valence-electron chi connectivity index (χ1n) is 5.97. The van der Waals surface area contributed by atoms with Crippen LogP contribution in [-0.4, -0.2) is 48.5 Å². The molecule has 4 N–H and O–H groups in total. The number of rotatable bonds is 5. The van der Waals surface area contributed by atoms with Crippen LogP contribution in [0.15, 0.2) is 29.4 Å². The van der Waals surface area contributed by atoms with Crippen LogP contribution in [-0.2, 0) is 0 Å². The van der Waals surface area contributed by atoms with Crippen LogP contribution in [0, 0.1) is 0 Å². The van der Waals surface area contributed by atoms with E-state index in [0.717, 1.165) is 6.54 Å². The average Bonchev–Trinajstić information content (AvgIpc) is 2.36. The molecule has 6 heteroatoms. The first kappa shape index (κ1) is 15.0. The van der Waals surface area contributed by atoms with Crippen molar-refractivity contribution in [3.05, 3.63) is 35.4 Å². The molecule has 0 heterocycles. The highest BCUT2D eigenvalue weighted by Crippen LogP contribution is 2.05. The number of likely N-dealkylation sites (N-methyl/N-ethyl adjacent to an activating group) is 1. The van der Waals surface area contributed by atoms with Crippen molar-refractivity contribution in [2.45, 2.75) is 13.0 Å². The van der Waals surface area contributed by atoms with Gasteiger partial charge in [0.2, 0.25) is 0 Å². The second-order valence-corrected chi connectivity index (χ2v) is 4.70. The van der Waals surface area contributed by atoms with Gasteiger partial charge in [-0.05, 0) is 33.2 Å². The van der Waals surface area contributed by atoms with Crippen LogP contribution in [0.3, 0.4) is 0 Å². The summed E-state index contributed by atoms with van der Waals surface area (Å²) in [6, 6.07) is 6.68. The van der Waals surface area contributed by atoms with E-state index >= 15 is 0 Å². The van der Waals surface area contributed by atoms with Crippen LogP contribution < -0.4 is 11.1 Å². The standard InChI is InChI=1S/C13H20N4O2/c1-9(8-17(2)3)15-13(18)11-6-4-5-10(7-11)12(14)16-19/h4-7,9,19H,8H2,1-3H3,(H2,14,16)(H,15,18). The number of nitrogens with zero attached hydrogens (tertiary/aromatic N) is 2. The molecule has 19 heavy (non-hydrogen) atoms. The van der Waals surface area contributed by atoms with Gasteiger partial charge in [0.25, 0.3) is 5.91 Å². The maximum Gasteiger partial charge on any atom is 0.251 e. The van der Waals surface area contributed by atoms with Crippen LogP contribution in [0.1, 0.15) is 22.8 Å². The summed E-state index contributed by atoms with van der Waals surface area (Å²) >= 11 is 0. The highest BCUT2D eigenvalue weighted by molar-refractivity contribution is 6.01. The van der Waals surface area contributed by atoms with E-state index in [4.69, 9.17) is 10.9 Å². The summed E-state index contributed by atoms with van der Waals surface area (Å²) in [4.78, 5) is 14.0. The lowest BCUT2D eigenvalue weighted by atomic mass is 10.1. The van der Waals surface area contributed by atoms with Gasteiger partial charge >= 0.3 is 0 Å². The van der Waals surface area contributed by atoms with Crippen molar-refractivity contribution in [1.82, 2.24) is 10.2 Å². The number of amides is 1. The minimum absolute atomic E-state index is 0.0176. The topological polar surface area (TPSA) is 91.0 Å². The second-order valence-electron chi connectivity index (χ2n) is 4.70. The first-order chi connectivity index (χ1) is 8.93. The normalized spacial score (nSPS) is 13.4. The molecule has 1 aromatic carbocycles. The van der Waals surface area contributed by atoms with Crippen LogP contribution in [0.5, 0.6) is 0 Å². The molecule has 0 spiro atoms. The Morgan fingerprint density at radius 3 is 2.68 bits per heavy atom. The molecule has 1 aromatic rings. The largest absolute Gasteiger partial charge is 0.409 e. The van der Waals surface area contributed by atoms with Crippen molar-refractivity contribution in [2.75, 3.05) is 20.6 Å². The van der Waals surface area contributed by atoms with Crippen molar-refractivity contribution < 1.29 is 10.0 Å². The summed E-state index contributed by atoms with van der Waals surface area (Å²) in [7, 11) is 3.89. The van der Waals surface area contributed by atoms with E-state index in [1.54, 1.807) is 24.3 Å². The molecule has 0 radical (unpaired) electrons. The van der Waals surface area contributed by atoms with Gasteiger partial charge < -0.3 is 21.2 Å². The van der Waals surface area contributed by atoms with E-state index in [1.807, 2.05) is 25.9 Å². The summed E-state index contributed by atoms with van der Waals surface area (Å²) < 4.78 is 0. The van der Waals surface area contributed by atoms with Gasteiger partial charge in [-0.2, -0.15) is 0 Å². The number of amidine groups is 1. The zero-order valence-electron chi connectivity index (χ0n) is 11.4. The van der Waals surface area contributed by atoms with Crippen molar-refractivity contribution in [1.29, 1.82) is 0 Å². The Morgan fingerprint density at radius 2 is 2.11 bits per heavy atom. The number of carbonyl (C=O) groups excluding carboxylic acids is 1. The molecule has 0 bridgehead atoms. The molecule has 1 amide bonds. The molecule has 6 nitrogen and oxygen atoms in total. The smallest absolute Gasteiger partial charge is 0.251 e. The first-order valence-corrected chi connectivity index (χ1v) is 5.97. The van der Waals surface area contributed by atoms with Gasteiger partial charge in [-0.15, -0.1) is 0 Å². The summed E-state index contributed by atoms with van der Waals surface area (Å²) in [5.74, 6) is -0.196. The average molecular weight is 264 g/mol. The summed E-state index contributed by atoms with van der Waals surface area (Å²) in [6.07, 6.45) is 0. The molecule has 104 valence electrons. The van der Waals surface area contributed by atoms with Gasteiger partial charge in [-0.3, -0.25) is 4.79 Å². The number of nitrogens with two attached hydrogens (primary N) is 1. The maximum absolute atomic E-state index is 12.0. The Bertz CT molecular complexity index is 471. The predicted octanol–water partition coefficient (Wildman–Crippen LogP) is 0.461. The minimum atomic E-state index is -0.179. The zero-order chi connectivity index (χ0) is 14.4. The third-order valence-electron chi connectivity index (χ3n) is 2.54. The van der Waals surface area contributed by atoms with Crippen LogP contribution >= 0.6 is 0 Å². The fourth-order valence-electron chi connectivity index (χ4n) is 1.78. The van der Waals surface area contributed by atoms with Crippen molar-refractivity contribution in [2.24, 2.45) is 10.9 Å². The predicted molar refractivity (Wildman–Crippen MR) is 74.4 cm³/mol. The summed E-state index contributed by atoms with van der Waals surface area (Å²) in [5, 5.41) is 14.4. The molecule has 0 fully saturated rings. The Morgan fingerprint density at radius 1 is 1.47 bits per heavy atom. The summed E-state index contributed by atoms with van der Waals surface area (Å²) in [6.45, 7) is 2.69. The van der Waals surface area contributed by atoms with Gasteiger partial charge in [0.15, 0.2) is 5.84 Å². The fraction of sp³-hybridized carbons (Fsp3) is 0.385. The molecule has 0 aliphatic carbocycles. The van der Waals surface area contributed by atoms with E-state index < -0.39 is 0 Å². The Labute approximate surface area is 112 Å². The SMILES string of the molecule is CC(CN(C)C)NC(=O)c1cccc(/C(N)=N/O)c1. The second kappa shape index (κ2) is 6.75. The lowest BCUT2D eigenvalue weighted by Crippen LogP contribution is -2.39. The Balaban J connectivity index is 2.77. The van der Waals surface area contributed by atoms with Gasteiger partial charge in [-0.1, -0.05) is 17.3 Å². The van der Waals surface area contributed by atoms with E-state index in [9.17, 15) is 4.79 Å². The third kappa shape index (κ3) is 4.59. The van der Waals surface area contributed by atoms with Gasteiger partial charge in [0, 0.05) is 23.7 Å². The highest BCUT2D eigenvalue weighted by atomic mass is 16.4. The number of benzene rings is 1. The van der Waals surface area contributed by atoms with Crippen LogP contribution in [0.2, 0.25) is 0 Å². The molecule has 1 rings (SSSR count). The molecule has 0 aromatic heterocycles. The van der Waals surface area contributed by atoms with E-state index in [1.165, 1.54) is 0 Å². The number of nitrogens with one attached hydrogen (secondary N) is 1. The number of hydrogen-bond acceptors (Lipinski definition) is 4. The third-order valence-corrected chi connectivity index (χ3v) is 2.54. The van der Waals surface area contributed by atoms with Gasteiger partial charge in [-0.25, -0.2) is 0 Å². The lowest BCUT2D eigenvalue weighted by molar-refractivity contribution is 0.0934. The quantitative estimate of drug-likeness (QED) is 0.312. The number of carbonyl (C=O) groups is 1. The van der Waals surface area contributed by atoms with Crippen molar-refractivity contribution in [3.8, 4) is 0 Å². The van der Waals surface area contributed by atoms with E-state index in [-0.39, 0.29) is 17.8 Å². The lowest BCUT2D eigenvalue weighted by Gasteiger charge is -2.18.